The fourth-order valence-electron chi connectivity index (χ4n) is 1.69. The molecule has 2 heterocycles. The summed E-state index contributed by atoms with van der Waals surface area (Å²) in [5.41, 5.74) is 0.331. The molecular weight excluding hydrogens is 234 g/mol. The molecule has 1 aliphatic rings. The maximum Gasteiger partial charge on any atom is 0.273 e. The number of hydrogen-bond donors (Lipinski definition) is 1. The number of nitrogens with zero attached hydrogens (tertiary/aromatic N) is 2. The van der Waals surface area contributed by atoms with Crippen LogP contribution in [0, 0.1) is 5.92 Å². The van der Waals surface area contributed by atoms with Crippen LogP contribution in [0.25, 0.3) is 0 Å². The molecular formula is C12H19N3O3. The zero-order valence-electron chi connectivity index (χ0n) is 10.8. The fraction of sp³-hybridized carbons (Fsp3) is 0.667. The number of hydrogen-bond acceptors (Lipinski definition) is 5. The van der Waals surface area contributed by atoms with Gasteiger partial charge in [0.05, 0.1) is 13.2 Å². The summed E-state index contributed by atoms with van der Waals surface area (Å²) >= 11 is 0. The van der Waals surface area contributed by atoms with Gasteiger partial charge in [0.1, 0.15) is 0 Å². The molecule has 0 radical (unpaired) electrons. The van der Waals surface area contributed by atoms with Crippen molar-refractivity contribution in [3.05, 3.63) is 11.8 Å². The fourth-order valence-corrected chi connectivity index (χ4v) is 1.69. The van der Waals surface area contributed by atoms with Crippen LogP contribution in [0.15, 0.2) is 10.6 Å². The molecule has 1 amide bonds. The van der Waals surface area contributed by atoms with Crippen LogP contribution < -0.4 is 10.2 Å². The maximum absolute atomic E-state index is 11.8. The highest BCUT2D eigenvalue weighted by Crippen LogP contribution is 2.16. The minimum absolute atomic E-state index is 0.188. The second kappa shape index (κ2) is 5.86. The van der Waals surface area contributed by atoms with E-state index in [1.807, 2.05) is 18.7 Å². The third-order valence-electron chi connectivity index (χ3n) is 2.72. The number of morpholine rings is 1. The van der Waals surface area contributed by atoms with Gasteiger partial charge in [-0.05, 0) is 5.92 Å². The van der Waals surface area contributed by atoms with Crippen LogP contribution in [-0.2, 0) is 4.74 Å². The summed E-state index contributed by atoms with van der Waals surface area (Å²) in [5, 5.41) is 6.61. The van der Waals surface area contributed by atoms with Crippen molar-refractivity contribution in [1.29, 1.82) is 0 Å². The predicted octanol–water partition coefficient (Wildman–Crippen LogP) is 0.897. The Hall–Kier alpha value is -1.56. The molecule has 6 heteroatoms. The second-order valence-corrected chi connectivity index (χ2v) is 4.75. The highest BCUT2D eigenvalue weighted by molar-refractivity contribution is 5.92. The SMILES string of the molecule is CC(C)CNC(=O)c1cc(N2CCOCC2)on1. The molecule has 1 aromatic heterocycles. The summed E-state index contributed by atoms with van der Waals surface area (Å²) in [7, 11) is 0. The molecule has 1 saturated heterocycles. The first-order valence-electron chi connectivity index (χ1n) is 6.24. The number of anilines is 1. The molecule has 0 spiro atoms. The Morgan fingerprint density at radius 2 is 2.22 bits per heavy atom. The molecule has 1 N–H and O–H groups in total. The highest BCUT2D eigenvalue weighted by atomic mass is 16.5. The van der Waals surface area contributed by atoms with Crippen molar-refractivity contribution in [2.24, 2.45) is 5.92 Å². The lowest BCUT2D eigenvalue weighted by molar-refractivity contribution is 0.0939. The summed E-state index contributed by atoms with van der Waals surface area (Å²) in [6.07, 6.45) is 0. The topological polar surface area (TPSA) is 67.6 Å². The number of rotatable bonds is 4. The molecule has 0 saturated carbocycles. The Kier molecular flexibility index (Phi) is 4.19. The minimum Gasteiger partial charge on any atom is -0.378 e. The lowest BCUT2D eigenvalue weighted by Crippen LogP contribution is -2.35. The minimum atomic E-state index is -0.188. The number of nitrogens with one attached hydrogen (secondary N) is 1. The van der Waals surface area contributed by atoms with Crippen molar-refractivity contribution in [3.63, 3.8) is 0 Å². The highest BCUT2D eigenvalue weighted by Gasteiger charge is 2.18. The predicted molar refractivity (Wildman–Crippen MR) is 66.7 cm³/mol. The van der Waals surface area contributed by atoms with Crippen molar-refractivity contribution in [3.8, 4) is 0 Å². The normalized spacial score (nSPS) is 16.1. The van der Waals surface area contributed by atoms with E-state index in [2.05, 4.69) is 10.5 Å². The average Bonchev–Trinajstić information content (AvgIpc) is 2.86. The summed E-state index contributed by atoms with van der Waals surface area (Å²) in [5.74, 6) is 0.861. The van der Waals surface area contributed by atoms with Crippen LogP contribution in [0.3, 0.4) is 0 Å². The smallest absolute Gasteiger partial charge is 0.273 e. The Bertz CT molecular complexity index is 397. The molecule has 0 aliphatic carbocycles. The molecule has 1 fully saturated rings. The molecule has 1 aromatic rings. The van der Waals surface area contributed by atoms with E-state index >= 15 is 0 Å². The van der Waals surface area contributed by atoms with Crippen LogP contribution in [0.2, 0.25) is 0 Å². The van der Waals surface area contributed by atoms with Gasteiger partial charge < -0.3 is 19.5 Å². The Morgan fingerprint density at radius 1 is 1.50 bits per heavy atom. The lowest BCUT2D eigenvalue weighted by Gasteiger charge is -2.25. The van der Waals surface area contributed by atoms with Crippen LogP contribution in [0.5, 0.6) is 0 Å². The van der Waals surface area contributed by atoms with Gasteiger partial charge in [0.2, 0.25) is 5.88 Å². The Balaban J connectivity index is 1.94. The zero-order valence-corrected chi connectivity index (χ0v) is 10.8. The van der Waals surface area contributed by atoms with E-state index in [-0.39, 0.29) is 5.91 Å². The van der Waals surface area contributed by atoms with E-state index in [1.54, 1.807) is 6.07 Å². The van der Waals surface area contributed by atoms with E-state index in [0.717, 1.165) is 13.1 Å². The van der Waals surface area contributed by atoms with Gasteiger partial charge in [0.15, 0.2) is 5.69 Å². The monoisotopic (exact) mass is 253 g/mol. The van der Waals surface area contributed by atoms with Gasteiger partial charge in [-0.15, -0.1) is 0 Å². The number of aromatic nitrogens is 1. The van der Waals surface area contributed by atoms with E-state index in [0.29, 0.717) is 37.3 Å². The summed E-state index contributed by atoms with van der Waals surface area (Å²) in [4.78, 5) is 13.8. The largest absolute Gasteiger partial charge is 0.378 e. The van der Waals surface area contributed by atoms with Crippen LogP contribution in [-0.4, -0.2) is 43.9 Å². The standard InChI is InChI=1S/C12H19N3O3/c1-9(2)8-13-12(16)10-7-11(18-14-10)15-3-5-17-6-4-15/h7,9H,3-6,8H2,1-2H3,(H,13,16). The van der Waals surface area contributed by atoms with E-state index in [1.165, 1.54) is 0 Å². The van der Waals surface area contributed by atoms with Gasteiger partial charge in [-0.25, -0.2) is 0 Å². The lowest BCUT2D eigenvalue weighted by atomic mass is 10.2. The quantitative estimate of drug-likeness (QED) is 0.863. The van der Waals surface area contributed by atoms with Gasteiger partial charge in [0.25, 0.3) is 5.91 Å². The summed E-state index contributed by atoms with van der Waals surface area (Å²) in [6.45, 7) is 7.61. The van der Waals surface area contributed by atoms with Crippen LogP contribution >= 0.6 is 0 Å². The third-order valence-corrected chi connectivity index (χ3v) is 2.72. The molecule has 100 valence electrons. The average molecular weight is 253 g/mol. The molecule has 0 bridgehead atoms. The van der Waals surface area contributed by atoms with Crippen molar-refractivity contribution in [2.45, 2.75) is 13.8 Å². The summed E-state index contributed by atoms with van der Waals surface area (Å²) < 4.78 is 10.4. The Labute approximate surface area is 106 Å². The molecule has 18 heavy (non-hydrogen) atoms. The maximum atomic E-state index is 11.8. The van der Waals surface area contributed by atoms with Crippen molar-refractivity contribution < 1.29 is 14.1 Å². The number of ether oxygens (including phenoxy) is 1. The van der Waals surface area contributed by atoms with Crippen LogP contribution in [0.4, 0.5) is 5.88 Å². The molecule has 1 aliphatic heterocycles. The van der Waals surface area contributed by atoms with E-state index in [4.69, 9.17) is 9.26 Å². The number of carbonyl (C=O) groups excluding carboxylic acids is 1. The van der Waals surface area contributed by atoms with Crippen molar-refractivity contribution in [2.75, 3.05) is 37.7 Å². The van der Waals surface area contributed by atoms with E-state index < -0.39 is 0 Å². The molecule has 6 nitrogen and oxygen atoms in total. The number of amides is 1. The van der Waals surface area contributed by atoms with Gasteiger partial charge in [-0.2, -0.15) is 0 Å². The Morgan fingerprint density at radius 3 is 2.89 bits per heavy atom. The molecule has 2 rings (SSSR count). The van der Waals surface area contributed by atoms with E-state index in [9.17, 15) is 4.79 Å². The molecule has 0 atom stereocenters. The zero-order chi connectivity index (χ0) is 13.0. The first kappa shape index (κ1) is 12.9. The van der Waals surface area contributed by atoms with Crippen molar-refractivity contribution >= 4 is 11.8 Å². The van der Waals surface area contributed by atoms with Gasteiger partial charge in [-0.3, -0.25) is 4.79 Å². The first-order chi connectivity index (χ1) is 8.66. The summed E-state index contributed by atoms with van der Waals surface area (Å²) in [6, 6.07) is 1.68. The van der Waals surface area contributed by atoms with Gasteiger partial charge in [-0.1, -0.05) is 19.0 Å². The molecule has 0 aromatic carbocycles. The van der Waals surface area contributed by atoms with Crippen LogP contribution in [0.1, 0.15) is 24.3 Å². The first-order valence-corrected chi connectivity index (χ1v) is 6.24. The third kappa shape index (κ3) is 3.22. The van der Waals surface area contributed by atoms with Gasteiger partial charge >= 0.3 is 0 Å². The van der Waals surface area contributed by atoms with Crippen molar-refractivity contribution in [1.82, 2.24) is 10.5 Å². The second-order valence-electron chi connectivity index (χ2n) is 4.75. The van der Waals surface area contributed by atoms with Gasteiger partial charge in [0, 0.05) is 25.7 Å². The molecule has 0 unspecified atom stereocenters. The number of carbonyl (C=O) groups is 1.